The summed E-state index contributed by atoms with van der Waals surface area (Å²) in [6.45, 7) is 4.55. The Morgan fingerprint density at radius 1 is 1.05 bits per heavy atom. The largest absolute Gasteiger partial charge is 0.395 e. The average Bonchev–Trinajstić information content (AvgIpc) is 2.90. The lowest BCUT2D eigenvalue weighted by Gasteiger charge is -2.35. The highest BCUT2D eigenvalue weighted by Crippen LogP contribution is 2.27. The van der Waals surface area contributed by atoms with Crippen LogP contribution in [0, 0.1) is 5.41 Å². The van der Waals surface area contributed by atoms with Crippen molar-refractivity contribution in [1.82, 2.24) is 24.0 Å². The molecule has 37 heavy (non-hydrogen) atoms. The Bertz CT molecular complexity index is 1540. The van der Waals surface area contributed by atoms with Gasteiger partial charge in [0.15, 0.2) is 5.65 Å². The van der Waals surface area contributed by atoms with Crippen LogP contribution in [0.15, 0.2) is 53.5 Å². The number of anilines is 3. The van der Waals surface area contributed by atoms with Gasteiger partial charge in [-0.05, 0) is 36.4 Å². The highest BCUT2D eigenvalue weighted by molar-refractivity contribution is 6.37. The summed E-state index contributed by atoms with van der Waals surface area (Å²) in [7, 11) is 1.58. The Hall–Kier alpha value is -3.44. The zero-order valence-electron chi connectivity index (χ0n) is 20.2. The number of para-hydroxylation sites is 1. The van der Waals surface area contributed by atoms with Crippen LogP contribution in [0.2, 0.25) is 10.0 Å². The third-order valence-corrected chi connectivity index (χ3v) is 7.09. The molecule has 1 saturated heterocycles. The second-order valence-electron chi connectivity index (χ2n) is 8.75. The summed E-state index contributed by atoms with van der Waals surface area (Å²) < 4.78 is 2.51. The molecular weight excluding hydrogens is 515 g/mol. The fourth-order valence-electron chi connectivity index (χ4n) is 4.48. The zero-order chi connectivity index (χ0) is 26.1. The van der Waals surface area contributed by atoms with Gasteiger partial charge in [-0.2, -0.15) is 4.98 Å². The number of aryl methyl sites for hydroxylation is 1. The number of aromatic nitrogens is 4. The third kappa shape index (κ3) is 4.93. The molecule has 0 atom stereocenters. The molecule has 12 heteroatoms. The SMILES string of the molecule is Cn1c(=O)n(-c2c(Cl)cccc2Cl)c(=N)c2cnc(Nc3ccc(N4CCN(CCO)CC4)cc3)nc21. The van der Waals surface area contributed by atoms with E-state index in [9.17, 15) is 4.79 Å². The lowest BCUT2D eigenvalue weighted by molar-refractivity contribution is 0.189. The lowest BCUT2D eigenvalue weighted by atomic mass is 10.2. The summed E-state index contributed by atoms with van der Waals surface area (Å²) in [5, 5.41) is 21.9. The number of nitrogens with zero attached hydrogens (tertiary/aromatic N) is 6. The Labute approximate surface area is 222 Å². The molecule has 2 aromatic carbocycles. The van der Waals surface area contributed by atoms with Gasteiger partial charge in [0, 0.05) is 57.3 Å². The average molecular weight is 541 g/mol. The van der Waals surface area contributed by atoms with Gasteiger partial charge < -0.3 is 15.3 Å². The van der Waals surface area contributed by atoms with Crippen molar-refractivity contribution in [1.29, 1.82) is 5.41 Å². The summed E-state index contributed by atoms with van der Waals surface area (Å²) in [6.07, 6.45) is 1.51. The van der Waals surface area contributed by atoms with Crippen LogP contribution in [0.5, 0.6) is 0 Å². The van der Waals surface area contributed by atoms with Crippen molar-refractivity contribution in [3.63, 3.8) is 0 Å². The van der Waals surface area contributed by atoms with Gasteiger partial charge in [-0.15, -0.1) is 0 Å². The molecule has 3 heterocycles. The Morgan fingerprint density at radius 2 is 1.73 bits per heavy atom. The number of benzene rings is 2. The minimum absolute atomic E-state index is 0.108. The van der Waals surface area contributed by atoms with E-state index in [1.807, 2.05) is 24.3 Å². The molecule has 3 N–H and O–H groups in total. The van der Waals surface area contributed by atoms with Crippen molar-refractivity contribution in [3.05, 3.63) is 74.7 Å². The van der Waals surface area contributed by atoms with Crippen LogP contribution in [-0.4, -0.2) is 68.4 Å². The van der Waals surface area contributed by atoms with E-state index in [4.69, 9.17) is 33.7 Å². The van der Waals surface area contributed by atoms with E-state index in [2.05, 4.69) is 25.1 Å². The fraction of sp³-hybridized carbons (Fsp3) is 0.280. The van der Waals surface area contributed by atoms with Crippen molar-refractivity contribution < 1.29 is 5.11 Å². The van der Waals surface area contributed by atoms with Gasteiger partial charge in [-0.25, -0.2) is 14.3 Å². The molecule has 0 amide bonds. The summed E-state index contributed by atoms with van der Waals surface area (Å²) >= 11 is 12.6. The second kappa shape index (κ2) is 10.5. The molecule has 0 radical (unpaired) electrons. The lowest BCUT2D eigenvalue weighted by Crippen LogP contribution is -2.47. The highest BCUT2D eigenvalue weighted by atomic mass is 35.5. The van der Waals surface area contributed by atoms with Crippen LogP contribution >= 0.6 is 23.2 Å². The van der Waals surface area contributed by atoms with Gasteiger partial charge in [-0.3, -0.25) is 14.9 Å². The zero-order valence-corrected chi connectivity index (χ0v) is 21.7. The Kier molecular flexibility index (Phi) is 7.16. The monoisotopic (exact) mass is 540 g/mol. The normalized spacial score (nSPS) is 14.3. The van der Waals surface area contributed by atoms with E-state index in [-0.39, 0.29) is 27.8 Å². The van der Waals surface area contributed by atoms with Crippen molar-refractivity contribution in [2.45, 2.75) is 0 Å². The smallest absolute Gasteiger partial charge is 0.335 e. The van der Waals surface area contributed by atoms with Gasteiger partial charge in [0.25, 0.3) is 0 Å². The number of rotatable bonds is 6. The van der Waals surface area contributed by atoms with Crippen LogP contribution in [0.3, 0.4) is 0 Å². The number of hydrogen-bond donors (Lipinski definition) is 3. The van der Waals surface area contributed by atoms with Crippen LogP contribution in [-0.2, 0) is 7.05 Å². The molecule has 1 aliphatic rings. The van der Waals surface area contributed by atoms with E-state index in [1.165, 1.54) is 10.8 Å². The predicted molar refractivity (Wildman–Crippen MR) is 145 cm³/mol. The first-order chi connectivity index (χ1) is 17.9. The number of nitrogens with one attached hydrogen (secondary N) is 2. The number of halogens is 2. The topological polar surface area (TPSA) is 115 Å². The molecule has 5 rings (SSSR count). The molecule has 0 unspecified atom stereocenters. The minimum atomic E-state index is -0.499. The standard InChI is InChI=1S/C25H26Cl2N8O2/c1-32-23-18(22(28)35(25(32)37)21-19(26)3-2-4-20(21)27)15-29-24(31-23)30-16-5-7-17(8-6-16)34-11-9-33(10-12-34)13-14-36/h2-8,15,28,36H,9-14H2,1H3,(H,29,30,31). The van der Waals surface area contributed by atoms with E-state index >= 15 is 0 Å². The molecule has 0 bridgehead atoms. The Balaban J connectivity index is 1.40. The quantitative estimate of drug-likeness (QED) is 0.344. The Morgan fingerprint density at radius 3 is 2.38 bits per heavy atom. The molecule has 1 fully saturated rings. The molecule has 192 valence electrons. The van der Waals surface area contributed by atoms with Crippen LogP contribution < -0.4 is 21.4 Å². The summed E-state index contributed by atoms with van der Waals surface area (Å²) in [6, 6.07) is 12.9. The van der Waals surface area contributed by atoms with Crippen molar-refractivity contribution in [3.8, 4) is 5.69 Å². The summed E-state index contributed by atoms with van der Waals surface area (Å²) in [5.41, 5.74) is 1.87. The van der Waals surface area contributed by atoms with Gasteiger partial charge in [0.1, 0.15) is 5.49 Å². The summed E-state index contributed by atoms with van der Waals surface area (Å²) in [4.78, 5) is 26.7. The minimum Gasteiger partial charge on any atom is -0.395 e. The molecule has 4 aromatic rings. The van der Waals surface area contributed by atoms with E-state index in [0.717, 1.165) is 42.1 Å². The highest BCUT2D eigenvalue weighted by Gasteiger charge is 2.18. The molecular formula is C25H26Cl2N8O2. The first kappa shape index (κ1) is 25.2. The third-order valence-electron chi connectivity index (χ3n) is 6.48. The summed E-state index contributed by atoms with van der Waals surface area (Å²) in [5.74, 6) is 0.306. The number of β-amino-alcohol motifs (C(OH)–C–C–N with tert-alkyl or cyclic N) is 1. The number of hydrogen-bond acceptors (Lipinski definition) is 8. The van der Waals surface area contributed by atoms with Gasteiger partial charge in [-0.1, -0.05) is 29.3 Å². The number of aliphatic hydroxyl groups is 1. The number of fused-ring (bicyclic) bond motifs is 1. The fourth-order valence-corrected chi connectivity index (χ4v) is 5.04. The van der Waals surface area contributed by atoms with Crippen LogP contribution in [0.4, 0.5) is 17.3 Å². The van der Waals surface area contributed by atoms with Gasteiger partial charge in [0.2, 0.25) is 5.95 Å². The predicted octanol–water partition coefficient (Wildman–Crippen LogP) is 2.76. The molecule has 2 aromatic heterocycles. The molecule has 1 aliphatic heterocycles. The van der Waals surface area contributed by atoms with Crippen molar-refractivity contribution in [2.24, 2.45) is 7.05 Å². The van der Waals surface area contributed by atoms with Gasteiger partial charge in [0.05, 0.1) is 27.7 Å². The van der Waals surface area contributed by atoms with Crippen molar-refractivity contribution in [2.75, 3.05) is 49.5 Å². The van der Waals surface area contributed by atoms with E-state index in [1.54, 1.807) is 25.2 Å². The second-order valence-corrected chi connectivity index (χ2v) is 9.57. The van der Waals surface area contributed by atoms with Gasteiger partial charge >= 0.3 is 5.69 Å². The number of aliphatic hydroxyl groups excluding tert-OH is 1. The first-order valence-electron chi connectivity index (χ1n) is 11.8. The van der Waals surface area contributed by atoms with Crippen LogP contribution in [0.1, 0.15) is 0 Å². The van der Waals surface area contributed by atoms with Crippen LogP contribution in [0.25, 0.3) is 16.7 Å². The maximum Gasteiger partial charge on any atom is 0.335 e. The number of piperazine rings is 1. The molecule has 0 saturated carbocycles. The molecule has 0 spiro atoms. The van der Waals surface area contributed by atoms with Crippen molar-refractivity contribution >= 4 is 51.6 Å². The molecule has 10 nitrogen and oxygen atoms in total. The maximum atomic E-state index is 13.2. The first-order valence-corrected chi connectivity index (χ1v) is 12.6. The maximum absolute atomic E-state index is 13.2. The van der Waals surface area contributed by atoms with E-state index in [0.29, 0.717) is 23.5 Å². The molecule has 0 aliphatic carbocycles. The van der Waals surface area contributed by atoms with E-state index < -0.39 is 5.69 Å².